The molecule has 4 rings (SSSR count). The van der Waals surface area contributed by atoms with Gasteiger partial charge < -0.3 is 9.80 Å². The van der Waals surface area contributed by atoms with Crippen LogP contribution in [0.4, 0.5) is 0 Å². The highest BCUT2D eigenvalue weighted by molar-refractivity contribution is 7.08. The number of carbonyl (C=O) groups is 2. The van der Waals surface area contributed by atoms with Gasteiger partial charge in [0.1, 0.15) is 0 Å². The second-order valence-electron chi connectivity index (χ2n) is 6.88. The van der Waals surface area contributed by atoms with Crippen LogP contribution in [0.15, 0.2) is 41.2 Å². The maximum Gasteiger partial charge on any atom is 0.254 e. The van der Waals surface area contributed by atoms with Crippen molar-refractivity contribution in [3.8, 4) is 0 Å². The summed E-state index contributed by atoms with van der Waals surface area (Å²) in [7, 11) is 0. The van der Waals surface area contributed by atoms with Crippen LogP contribution in [-0.4, -0.2) is 46.2 Å². The molecule has 0 N–H and O–H groups in total. The van der Waals surface area contributed by atoms with Crippen molar-refractivity contribution < 1.29 is 9.59 Å². The van der Waals surface area contributed by atoms with E-state index < -0.39 is 0 Å². The summed E-state index contributed by atoms with van der Waals surface area (Å²) in [5, 5.41) is 3.82. The third-order valence-electron chi connectivity index (χ3n) is 5.46. The molecule has 0 aliphatic carbocycles. The molecule has 4 heterocycles. The van der Waals surface area contributed by atoms with Crippen molar-refractivity contribution in [3.05, 3.63) is 52.5 Å². The summed E-state index contributed by atoms with van der Waals surface area (Å²) in [4.78, 5) is 33.6. The van der Waals surface area contributed by atoms with Gasteiger partial charge in [0.15, 0.2) is 0 Å². The monoisotopic (exact) mass is 355 g/mol. The average Bonchev–Trinajstić information content (AvgIpc) is 3.28. The molecule has 2 aromatic rings. The van der Waals surface area contributed by atoms with Crippen molar-refractivity contribution in [2.24, 2.45) is 5.41 Å². The van der Waals surface area contributed by atoms with E-state index in [2.05, 4.69) is 4.98 Å². The van der Waals surface area contributed by atoms with E-state index in [4.69, 9.17) is 0 Å². The highest BCUT2D eigenvalue weighted by Gasteiger charge is 2.48. The number of pyridine rings is 1. The predicted molar refractivity (Wildman–Crippen MR) is 96.2 cm³/mol. The Morgan fingerprint density at radius 3 is 2.64 bits per heavy atom. The second kappa shape index (κ2) is 6.59. The van der Waals surface area contributed by atoms with Gasteiger partial charge in [0.25, 0.3) is 5.91 Å². The highest BCUT2D eigenvalue weighted by Crippen LogP contribution is 2.42. The molecule has 1 spiro atoms. The second-order valence-corrected chi connectivity index (χ2v) is 7.66. The van der Waals surface area contributed by atoms with E-state index in [0.717, 1.165) is 37.1 Å². The molecule has 0 saturated carbocycles. The molecule has 25 heavy (non-hydrogen) atoms. The maximum atomic E-state index is 13.0. The van der Waals surface area contributed by atoms with Crippen molar-refractivity contribution in [2.45, 2.75) is 25.8 Å². The van der Waals surface area contributed by atoms with E-state index in [0.29, 0.717) is 19.6 Å². The fraction of sp³-hybridized carbons (Fsp3) is 0.421. The zero-order valence-electron chi connectivity index (χ0n) is 14.1. The Morgan fingerprint density at radius 2 is 1.96 bits per heavy atom. The molecule has 2 aliphatic heterocycles. The molecule has 0 unspecified atom stereocenters. The van der Waals surface area contributed by atoms with Gasteiger partial charge in [0.2, 0.25) is 5.91 Å². The van der Waals surface area contributed by atoms with E-state index in [1.54, 1.807) is 6.20 Å². The number of rotatable bonds is 3. The summed E-state index contributed by atoms with van der Waals surface area (Å²) in [5.74, 6) is 0.327. The molecular formula is C19H21N3O2S. The number of likely N-dealkylation sites (tertiary alicyclic amines) is 2. The van der Waals surface area contributed by atoms with Gasteiger partial charge in [-0.3, -0.25) is 14.6 Å². The van der Waals surface area contributed by atoms with Crippen molar-refractivity contribution in [3.63, 3.8) is 0 Å². The standard InChI is InChI=1S/C19H21N3O2S/c23-17(15-4-12-25-14-15)21-9-5-19(6-10-21)7-11-22(18(19)24)13-16-3-1-2-8-20-16/h1-4,8,12,14H,5-7,9-11,13H2. The van der Waals surface area contributed by atoms with Gasteiger partial charge in [-0.05, 0) is 42.8 Å². The number of hydrogen-bond donors (Lipinski definition) is 0. The van der Waals surface area contributed by atoms with Gasteiger partial charge in [-0.1, -0.05) is 6.07 Å². The molecule has 0 aromatic carbocycles. The lowest BCUT2D eigenvalue weighted by Crippen LogP contribution is -2.46. The normalized spacial score (nSPS) is 19.6. The molecular weight excluding hydrogens is 334 g/mol. The van der Waals surface area contributed by atoms with Crippen LogP contribution in [-0.2, 0) is 11.3 Å². The summed E-state index contributed by atoms with van der Waals surface area (Å²) in [6.45, 7) is 2.70. The molecule has 2 saturated heterocycles. The number of nitrogens with zero attached hydrogens (tertiary/aromatic N) is 3. The van der Waals surface area contributed by atoms with Crippen LogP contribution in [0.3, 0.4) is 0 Å². The molecule has 0 bridgehead atoms. The van der Waals surface area contributed by atoms with Crippen LogP contribution in [0.25, 0.3) is 0 Å². The van der Waals surface area contributed by atoms with Gasteiger partial charge in [-0.2, -0.15) is 11.3 Å². The van der Waals surface area contributed by atoms with E-state index in [1.165, 1.54) is 11.3 Å². The number of carbonyl (C=O) groups excluding carboxylic acids is 2. The third-order valence-corrected chi connectivity index (χ3v) is 6.14. The lowest BCUT2D eigenvalue weighted by Gasteiger charge is -2.37. The number of amides is 2. The van der Waals surface area contributed by atoms with Crippen LogP contribution >= 0.6 is 11.3 Å². The molecule has 2 aliphatic rings. The van der Waals surface area contributed by atoms with Crippen LogP contribution in [0.2, 0.25) is 0 Å². The Labute approximate surface area is 151 Å². The van der Waals surface area contributed by atoms with Gasteiger partial charge in [-0.15, -0.1) is 0 Å². The lowest BCUT2D eigenvalue weighted by atomic mass is 9.77. The zero-order valence-corrected chi connectivity index (χ0v) is 14.9. The van der Waals surface area contributed by atoms with Crippen LogP contribution in [0.1, 0.15) is 35.3 Å². The molecule has 0 atom stereocenters. The number of piperidine rings is 1. The fourth-order valence-corrected chi connectivity index (χ4v) is 4.53. The largest absolute Gasteiger partial charge is 0.339 e. The smallest absolute Gasteiger partial charge is 0.254 e. The van der Waals surface area contributed by atoms with Gasteiger partial charge in [-0.25, -0.2) is 0 Å². The number of thiophene rings is 1. The first kappa shape index (κ1) is 16.3. The topological polar surface area (TPSA) is 53.5 Å². The summed E-state index contributed by atoms with van der Waals surface area (Å²) in [5.41, 5.74) is 1.41. The fourth-order valence-electron chi connectivity index (χ4n) is 3.90. The Hall–Kier alpha value is -2.21. The average molecular weight is 355 g/mol. The minimum atomic E-state index is -0.278. The van der Waals surface area contributed by atoms with Crippen LogP contribution in [0.5, 0.6) is 0 Å². The molecule has 2 fully saturated rings. The first-order valence-corrected chi connectivity index (χ1v) is 9.63. The minimum Gasteiger partial charge on any atom is -0.339 e. The Kier molecular flexibility index (Phi) is 4.29. The minimum absolute atomic E-state index is 0.0897. The first-order chi connectivity index (χ1) is 12.2. The van der Waals surface area contributed by atoms with E-state index in [-0.39, 0.29) is 17.2 Å². The van der Waals surface area contributed by atoms with Crippen molar-refractivity contribution >= 4 is 23.2 Å². The summed E-state index contributed by atoms with van der Waals surface area (Å²) >= 11 is 1.54. The molecule has 130 valence electrons. The predicted octanol–water partition coefficient (Wildman–Crippen LogP) is 2.80. The summed E-state index contributed by atoms with van der Waals surface area (Å²) in [6.07, 6.45) is 4.18. The third kappa shape index (κ3) is 3.06. The summed E-state index contributed by atoms with van der Waals surface area (Å²) < 4.78 is 0. The first-order valence-electron chi connectivity index (χ1n) is 8.69. The lowest BCUT2D eigenvalue weighted by molar-refractivity contribution is -0.138. The Bertz CT molecular complexity index is 752. The highest BCUT2D eigenvalue weighted by atomic mass is 32.1. The summed E-state index contributed by atoms with van der Waals surface area (Å²) in [6, 6.07) is 7.66. The van der Waals surface area contributed by atoms with Crippen LogP contribution < -0.4 is 0 Å². The SMILES string of the molecule is O=C(c1ccsc1)N1CCC2(CC1)CCN(Cc1ccccn1)C2=O. The van der Waals surface area contributed by atoms with Crippen LogP contribution in [0, 0.1) is 5.41 Å². The van der Waals surface area contributed by atoms with Gasteiger partial charge in [0.05, 0.1) is 23.2 Å². The van der Waals surface area contributed by atoms with Gasteiger partial charge >= 0.3 is 0 Å². The number of aromatic nitrogens is 1. The number of hydrogen-bond acceptors (Lipinski definition) is 4. The molecule has 0 radical (unpaired) electrons. The molecule has 2 amide bonds. The Balaban J connectivity index is 1.39. The van der Waals surface area contributed by atoms with Crippen molar-refractivity contribution in [1.29, 1.82) is 0 Å². The quantitative estimate of drug-likeness (QED) is 0.851. The Morgan fingerprint density at radius 1 is 1.16 bits per heavy atom. The van der Waals surface area contributed by atoms with E-state index >= 15 is 0 Å². The van der Waals surface area contributed by atoms with Crippen molar-refractivity contribution in [1.82, 2.24) is 14.8 Å². The van der Waals surface area contributed by atoms with Gasteiger partial charge in [0, 0.05) is 31.2 Å². The van der Waals surface area contributed by atoms with E-state index in [9.17, 15) is 9.59 Å². The molecule has 5 nitrogen and oxygen atoms in total. The van der Waals surface area contributed by atoms with E-state index in [1.807, 2.05) is 44.8 Å². The molecule has 2 aromatic heterocycles. The maximum absolute atomic E-state index is 13.0. The van der Waals surface area contributed by atoms with Crippen molar-refractivity contribution in [2.75, 3.05) is 19.6 Å². The molecule has 6 heteroatoms. The zero-order chi connectivity index (χ0) is 17.3.